The third kappa shape index (κ3) is 12.9. The zero-order chi connectivity index (χ0) is 61.6. The molecule has 6 aromatic heterocycles. The predicted octanol–water partition coefficient (Wildman–Crippen LogP) is 25.6. The molecule has 0 saturated carbocycles. The van der Waals surface area contributed by atoms with E-state index in [-0.39, 0.29) is 34.3 Å². The van der Waals surface area contributed by atoms with Gasteiger partial charge in [0.2, 0.25) is 0 Å². The van der Waals surface area contributed by atoms with Crippen LogP contribution in [0.4, 0.5) is 0 Å². The number of fused-ring (bicyclic) bond motifs is 4. The standard InChI is InChI=1S/C78H86O4S6/c1-9-17-21-23-31-49-41-67(85-65(49)45-59-73(79)53-33-25-26-34-54(53)74(59)80)69-43-57-71(63-39-37-61(83-63)51(15-7)47(13-5)29-19-11-3)78-58(72(77(57)87-69)64-40-38-62(84-64)52(16-8)48(14-6)30-20-12-4)44-70(88-78)68-42-50(32-24-22-18-10-2)66(86-68)46-60-75(81)55-35-27-28-36-56(55)76(60)82/h25-28,33-48,51-52H,9-24,29-32H2,1-8H3. The van der Waals surface area contributed by atoms with Crippen molar-refractivity contribution in [2.45, 2.75) is 196 Å². The van der Waals surface area contributed by atoms with Gasteiger partial charge in [0.15, 0.2) is 23.1 Å². The summed E-state index contributed by atoms with van der Waals surface area (Å²) < 4.78 is 2.58. The van der Waals surface area contributed by atoms with Gasteiger partial charge in [-0.3, -0.25) is 19.2 Å². The van der Waals surface area contributed by atoms with Gasteiger partial charge in [-0.2, -0.15) is 0 Å². The molecule has 11 rings (SSSR count). The molecule has 0 fully saturated rings. The molecule has 0 saturated heterocycles. The number of ketones is 4. The molecule has 0 spiro atoms. The van der Waals surface area contributed by atoms with Crippen molar-refractivity contribution in [1.29, 1.82) is 0 Å². The third-order valence-electron chi connectivity index (χ3n) is 19.0. The van der Waals surface area contributed by atoms with Crippen LogP contribution in [-0.2, 0) is 12.8 Å². The normalized spacial score (nSPS) is 14.7. The van der Waals surface area contributed by atoms with Crippen molar-refractivity contribution in [1.82, 2.24) is 0 Å². The Morgan fingerprint density at radius 1 is 0.364 bits per heavy atom. The second kappa shape index (κ2) is 29.2. The van der Waals surface area contributed by atoms with E-state index in [2.05, 4.69) is 104 Å². The summed E-state index contributed by atoms with van der Waals surface area (Å²) in [6.07, 6.45) is 26.6. The molecule has 3 aromatic carbocycles. The van der Waals surface area contributed by atoms with Gasteiger partial charge in [0, 0.05) is 102 Å². The Kier molecular flexibility index (Phi) is 21.3. The van der Waals surface area contributed by atoms with Crippen LogP contribution in [0.3, 0.4) is 0 Å². The van der Waals surface area contributed by atoms with E-state index in [9.17, 15) is 19.2 Å². The molecule has 0 radical (unpaired) electrons. The van der Waals surface area contributed by atoms with E-state index in [4.69, 9.17) is 0 Å². The minimum atomic E-state index is -0.181. The van der Waals surface area contributed by atoms with E-state index >= 15 is 0 Å². The number of allylic oxidation sites excluding steroid dienone is 2. The summed E-state index contributed by atoms with van der Waals surface area (Å²) in [5, 5.41) is 2.54. The second-order valence-electron chi connectivity index (χ2n) is 24.7. The molecule has 0 aliphatic heterocycles. The molecule has 458 valence electrons. The highest BCUT2D eigenvalue weighted by Crippen LogP contribution is 2.57. The lowest BCUT2D eigenvalue weighted by atomic mass is 9.83. The zero-order valence-electron chi connectivity index (χ0n) is 52.9. The van der Waals surface area contributed by atoms with Crippen LogP contribution in [0, 0.1) is 11.8 Å². The molecule has 88 heavy (non-hydrogen) atoms. The number of thiophene rings is 6. The van der Waals surface area contributed by atoms with Gasteiger partial charge in [0.05, 0.1) is 11.1 Å². The van der Waals surface area contributed by atoms with Crippen LogP contribution in [0.5, 0.6) is 0 Å². The molecule has 0 amide bonds. The van der Waals surface area contributed by atoms with E-state index in [0.29, 0.717) is 45.9 Å². The molecule has 10 heteroatoms. The van der Waals surface area contributed by atoms with Crippen molar-refractivity contribution in [3.8, 4) is 40.4 Å². The quantitative estimate of drug-likeness (QED) is 0.0256. The molecule has 2 aliphatic carbocycles. The predicted molar refractivity (Wildman–Crippen MR) is 385 cm³/mol. The molecule has 9 aromatic rings. The summed E-state index contributed by atoms with van der Waals surface area (Å²) in [5.74, 6) is 1.50. The lowest BCUT2D eigenvalue weighted by Crippen LogP contribution is -2.10. The Balaban J connectivity index is 1.14. The fraction of sp³-hybridized carbons (Fsp3) is 0.410. The van der Waals surface area contributed by atoms with E-state index in [0.717, 1.165) is 74.0 Å². The summed E-state index contributed by atoms with van der Waals surface area (Å²) in [5.41, 5.74) is 7.53. The summed E-state index contributed by atoms with van der Waals surface area (Å²) in [6, 6.07) is 34.1. The maximum atomic E-state index is 14.0. The van der Waals surface area contributed by atoms with Crippen molar-refractivity contribution in [3.63, 3.8) is 0 Å². The smallest absolute Gasteiger partial charge is 0.197 e. The van der Waals surface area contributed by atoms with Gasteiger partial charge < -0.3 is 0 Å². The highest BCUT2D eigenvalue weighted by molar-refractivity contribution is 7.29. The van der Waals surface area contributed by atoms with E-state index in [1.54, 1.807) is 46.9 Å². The van der Waals surface area contributed by atoms with Gasteiger partial charge in [0.1, 0.15) is 0 Å². The summed E-state index contributed by atoms with van der Waals surface area (Å²) >= 11 is 11.3. The first-order valence-corrected chi connectivity index (χ1v) is 38.2. The molecular formula is C78H86O4S6. The SMILES string of the molecule is CCCCCCc1cc(-c2cc3c(-c4ccc(C(CC)C(CC)CCCC)s4)c4sc(-c5cc(CCCCCC)c(C=C6C(=O)c7ccccc7C6=O)s5)cc4c(-c4ccc(C(CC)C(CC)CCCC)s4)c3s2)sc1C=C1C(=O)c2ccccc2C1=O. The van der Waals surface area contributed by atoms with E-state index < -0.39 is 0 Å². The van der Waals surface area contributed by atoms with Crippen LogP contribution in [0.15, 0.2) is 108 Å². The highest BCUT2D eigenvalue weighted by Gasteiger charge is 2.35. The average Bonchev–Trinajstić information content (AvgIpc) is 1.59. The molecule has 0 N–H and O–H groups in total. The van der Waals surface area contributed by atoms with E-state index in [1.807, 2.05) is 81.8 Å². The number of rotatable bonds is 30. The van der Waals surface area contributed by atoms with Crippen molar-refractivity contribution in [3.05, 3.63) is 161 Å². The number of benzene rings is 3. The Morgan fingerprint density at radius 2 is 0.727 bits per heavy atom. The number of hydrogen-bond acceptors (Lipinski definition) is 10. The topological polar surface area (TPSA) is 68.3 Å². The Bertz CT molecular complexity index is 3670. The summed E-state index contributed by atoms with van der Waals surface area (Å²) in [7, 11) is 0. The summed E-state index contributed by atoms with van der Waals surface area (Å²) in [4.78, 5) is 68.3. The third-order valence-corrected chi connectivity index (χ3v) is 26.4. The summed E-state index contributed by atoms with van der Waals surface area (Å²) in [6.45, 7) is 18.7. The molecule has 2 aliphatic rings. The first-order valence-electron chi connectivity index (χ1n) is 33.3. The van der Waals surface area contributed by atoms with Gasteiger partial charge in [-0.1, -0.05) is 181 Å². The van der Waals surface area contributed by atoms with Crippen molar-refractivity contribution in [2.75, 3.05) is 0 Å². The molecule has 4 atom stereocenters. The van der Waals surface area contributed by atoms with Crippen LogP contribution in [0.1, 0.15) is 255 Å². The van der Waals surface area contributed by atoms with Crippen molar-refractivity contribution < 1.29 is 19.2 Å². The Hall–Kier alpha value is -5.46. The lowest BCUT2D eigenvalue weighted by Gasteiger charge is -2.24. The van der Waals surface area contributed by atoms with Crippen LogP contribution in [-0.4, -0.2) is 23.1 Å². The molecule has 6 heterocycles. The second-order valence-corrected chi connectivity index (χ2v) is 31.2. The van der Waals surface area contributed by atoms with Gasteiger partial charge in [-0.05, 0) is 147 Å². The number of unbranched alkanes of at least 4 members (excludes halogenated alkanes) is 8. The maximum absolute atomic E-state index is 14.0. The van der Waals surface area contributed by atoms with Crippen LogP contribution in [0.25, 0.3) is 72.7 Å². The number of Topliss-reactive ketones (excluding diaryl/α,β-unsaturated/α-hetero) is 4. The largest absolute Gasteiger partial charge is 0.288 e. The number of hydrogen-bond donors (Lipinski definition) is 0. The van der Waals surface area contributed by atoms with Crippen LogP contribution >= 0.6 is 68.0 Å². The average molecular weight is 1280 g/mol. The van der Waals surface area contributed by atoms with Crippen molar-refractivity contribution >= 4 is 123 Å². The maximum Gasteiger partial charge on any atom is 0.197 e. The van der Waals surface area contributed by atoms with Gasteiger partial charge in [0.25, 0.3) is 0 Å². The van der Waals surface area contributed by atoms with E-state index in [1.165, 1.54) is 146 Å². The van der Waals surface area contributed by atoms with Crippen molar-refractivity contribution in [2.24, 2.45) is 11.8 Å². The Labute approximate surface area is 547 Å². The fourth-order valence-electron chi connectivity index (χ4n) is 14.0. The zero-order valence-corrected chi connectivity index (χ0v) is 57.8. The van der Waals surface area contributed by atoms with Gasteiger partial charge in [-0.25, -0.2) is 0 Å². The highest BCUT2D eigenvalue weighted by atomic mass is 32.1. The molecule has 0 bridgehead atoms. The Morgan fingerprint density at radius 3 is 1.07 bits per heavy atom. The first-order chi connectivity index (χ1) is 43.0. The number of carbonyl (C=O) groups excluding carboxylic acids is 4. The number of aryl methyl sites for hydroxylation is 2. The van der Waals surface area contributed by atoms with Crippen LogP contribution in [0.2, 0.25) is 0 Å². The monoisotopic (exact) mass is 1280 g/mol. The minimum Gasteiger partial charge on any atom is -0.288 e. The minimum absolute atomic E-state index is 0.181. The molecular weight excluding hydrogens is 1190 g/mol. The van der Waals surface area contributed by atoms with Gasteiger partial charge >= 0.3 is 0 Å². The fourth-order valence-corrected chi connectivity index (χ4v) is 21.8. The molecule has 4 unspecified atom stereocenters. The van der Waals surface area contributed by atoms with Crippen LogP contribution < -0.4 is 0 Å². The molecule has 4 nitrogen and oxygen atoms in total. The number of carbonyl (C=O) groups is 4. The first kappa shape index (κ1) is 64.1. The van der Waals surface area contributed by atoms with Gasteiger partial charge in [-0.15, -0.1) is 68.0 Å². The lowest BCUT2D eigenvalue weighted by molar-refractivity contribution is 0.0975.